The lowest BCUT2D eigenvalue weighted by molar-refractivity contribution is -0.255. The Labute approximate surface area is 160 Å². The molecule has 0 bridgehead atoms. The number of hydrazone groups is 1. The van der Waals surface area contributed by atoms with Gasteiger partial charge in [-0.3, -0.25) is 5.43 Å². The molecule has 0 saturated carbocycles. The summed E-state index contributed by atoms with van der Waals surface area (Å²) in [6, 6.07) is 9.58. The number of carbonyl (C=O) groups excluding carboxylic acids is 1. The van der Waals surface area contributed by atoms with Crippen molar-refractivity contribution in [3.63, 3.8) is 0 Å². The maximum atomic E-state index is 11.1. The van der Waals surface area contributed by atoms with Gasteiger partial charge in [0.25, 0.3) is 0 Å². The van der Waals surface area contributed by atoms with Crippen LogP contribution in [0.1, 0.15) is 36.3 Å². The first-order valence-electron chi connectivity index (χ1n) is 7.45. The van der Waals surface area contributed by atoms with Crippen LogP contribution in [0.5, 0.6) is 0 Å². The summed E-state index contributed by atoms with van der Waals surface area (Å²) in [7, 11) is 0. The van der Waals surface area contributed by atoms with E-state index in [1.54, 1.807) is 0 Å². The standard InChI is InChI=1S/C17H16Cl3N3O2/c1-9(2)8-11(10-6-4-3-5-7-10)22-23-14-12(18)15(17(24)25)21-16(20)13(14)19/h3-7,9H,8H2,1-2H3,(H,21,23)(H,24,25)/p-1/b22-11-. The first kappa shape index (κ1) is 19.5. The number of nitrogens with zero attached hydrogens (tertiary/aromatic N) is 2. The van der Waals surface area contributed by atoms with Gasteiger partial charge in [-0.15, -0.1) is 0 Å². The number of rotatable bonds is 6. The van der Waals surface area contributed by atoms with Gasteiger partial charge in [0.05, 0.1) is 22.4 Å². The van der Waals surface area contributed by atoms with E-state index in [2.05, 4.69) is 29.4 Å². The fourth-order valence-corrected chi connectivity index (χ4v) is 2.78. The molecular formula is C17H15Cl3N3O2-. The molecule has 2 rings (SSSR count). The second kappa shape index (κ2) is 8.52. The minimum atomic E-state index is -1.55. The lowest BCUT2D eigenvalue weighted by Crippen LogP contribution is -2.24. The molecule has 5 nitrogen and oxygen atoms in total. The Hall–Kier alpha value is -1.82. The van der Waals surface area contributed by atoms with E-state index in [0.29, 0.717) is 12.3 Å². The van der Waals surface area contributed by atoms with Crippen LogP contribution in [0.4, 0.5) is 5.69 Å². The highest BCUT2D eigenvalue weighted by Gasteiger charge is 2.17. The van der Waals surface area contributed by atoms with Gasteiger partial charge >= 0.3 is 0 Å². The maximum absolute atomic E-state index is 11.1. The van der Waals surface area contributed by atoms with Crippen LogP contribution in [0.25, 0.3) is 0 Å². The third-order valence-electron chi connectivity index (χ3n) is 3.24. The van der Waals surface area contributed by atoms with Crippen molar-refractivity contribution in [2.75, 3.05) is 5.43 Å². The molecule has 0 aliphatic carbocycles. The summed E-state index contributed by atoms with van der Waals surface area (Å²) < 4.78 is 0. The van der Waals surface area contributed by atoms with E-state index in [-0.39, 0.29) is 20.9 Å². The fraction of sp³-hybridized carbons (Fsp3) is 0.235. The molecule has 1 aromatic carbocycles. The summed E-state index contributed by atoms with van der Waals surface area (Å²) in [5.74, 6) is -1.20. The lowest BCUT2D eigenvalue weighted by atomic mass is 10.0. The number of aromatic nitrogens is 1. The van der Waals surface area contributed by atoms with E-state index in [1.807, 2.05) is 30.3 Å². The Morgan fingerprint density at radius 3 is 2.40 bits per heavy atom. The smallest absolute Gasteiger partial charge is 0.150 e. The highest BCUT2D eigenvalue weighted by atomic mass is 35.5. The first-order valence-corrected chi connectivity index (χ1v) is 8.58. The third-order valence-corrected chi connectivity index (χ3v) is 4.35. The van der Waals surface area contributed by atoms with E-state index in [4.69, 9.17) is 34.8 Å². The van der Waals surface area contributed by atoms with Gasteiger partial charge in [0.2, 0.25) is 0 Å². The highest BCUT2D eigenvalue weighted by molar-refractivity contribution is 6.46. The Morgan fingerprint density at radius 1 is 1.20 bits per heavy atom. The number of nitrogens with one attached hydrogen (secondary N) is 1. The molecule has 8 heteroatoms. The number of carboxylic acids is 1. The Balaban J connectivity index is 2.46. The van der Waals surface area contributed by atoms with E-state index in [1.165, 1.54) is 0 Å². The number of anilines is 1. The van der Waals surface area contributed by atoms with Crippen LogP contribution in [-0.2, 0) is 0 Å². The minimum Gasteiger partial charge on any atom is -0.543 e. The summed E-state index contributed by atoms with van der Waals surface area (Å²) >= 11 is 18.0. The Bertz CT molecular complexity index is 809. The van der Waals surface area contributed by atoms with Crippen molar-refractivity contribution < 1.29 is 9.90 Å². The second-order valence-electron chi connectivity index (χ2n) is 5.68. The summed E-state index contributed by atoms with van der Waals surface area (Å²) in [5.41, 5.74) is 3.99. The van der Waals surface area contributed by atoms with Gasteiger partial charge in [0.1, 0.15) is 10.7 Å². The number of pyridine rings is 1. The minimum absolute atomic E-state index is 0.0163. The van der Waals surface area contributed by atoms with Crippen molar-refractivity contribution in [1.29, 1.82) is 0 Å². The van der Waals surface area contributed by atoms with Gasteiger partial charge in [0, 0.05) is 0 Å². The zero-order chi connectivity index (χ0) is 18.6. The SMILES string of the molecule is CC(C)C/C(=N/Nc1c(Cl)c(Cl)nc(C(=O)[O-])c1Cl)c1ccccc1. The predicted octanol–water partition coefficient (Wildman–Crippen LogP) is 4.27. The molecule has 0 amide bonds. The predicted molar refractivity (Wildman–Crippen MR) is 99.7 cm³/mol. The van der Waals surface area contributed by atoms with Gasteiger partial charge < -0.3 is 9.90 Å². The molecule has 0 atom stereocenters. The average molecular weight is 400 g/mol. The van der Waals surface area contributed by atoms with Gasteiger partial charge in [-0.05, 0) is 17.9 Å². The van der Waals surface area contributed by atoms with Crippen LogP contribution >= 0.6 is 34.8 Å². The van der Waals surface area contributed by atoms with Crippen LogP contribution in [0.15, 0.2) is 35.4 Å². The molecule has 132 valence electrons. The molecule has 1 heterocycles. The van der Waals surface area contributed by atoms with Crippen molar-refractivity contribution in [2.24, 2.45) is 11.0 Å². The topological polar surface area (TPSA) is 77.4 Å². The zero-order valence-corrected chi connectivity index (χ0v) is 15.8. The van der Waals surface area contributed by atoms with Gasteiger partial charge in [-0.2, -0.15) is 5.10 Å². The van der Waals surface area contributed by atoms with Gasteiger partial charge in [0.15, 0.2) is 5.15 Å². The first-order chi connectivity index (χ1) is 11.8. The van der Waals surface area contributed by atoms with Crippen LogP contribution in [0, 0.1) is 5.92 Å². The van der Waals surface area contributed by atoms with Crippen molar-refractivity contribution in [1.82, 2.24) is 4.98 Å². The molecule has 1 N–H and O–H groups in total. The molecule has 2 aromatic rings. The molecule has 25 heavy (non-hydrogen) atoms. The van der Waals surface area contributed by atoms with E-state index in [9.17, 15) is 9.90 Å². The largest absolute Gasteiger partial charge is 0.543 e. The van der Waals surface area contributed by atoms with Crippen molar-refractivity contribution in [2.45, 2.75) is 20.3 Å². The number of carbonyl (C=O) groups is 1. The van der Waals surface area contributed by atoms with Crippen LogP contribution < -0.4 is 10.5 Å². The number of aromatic carboxylic acids is 1. The Morgan fingerprint density at radius 2 is 1.84 bits per heavy atom. The molecule has 0 unspecified atom stereocenters. The summed E-state index contributed by atoms with van der Waals surface area (Å²) in [6.07, 6.45) is 0.693. The average Bonchev–Trinajstić information content (AvgIpc) is 2.57. The molecule has 0 aliphatic heterocycles. The molecule has 0 spiro atoms. The van der Waals surface area contributed by atoms with Crippen LogP contribution in [0.2, 0.25) is 15.2 Å². The van der Waals surface area contributed by atoms with Crippen LogP contribution in [-0.4, -0.2) is 16.7 Å². The summed E-state index contributed by atoms with van der Waals surface area (Å²) in [4.78, 5) is 14.7. The fourth-order valence-electron chi connectivity index (χ4n) is 2.12. The summed E-state index contributed by atoms with van der Waals surface area (Å²) in [6.45, 7) is 4.13. The molecular weight excluding hydrogens is 385 g/mol. The van der Waals surface area contributed by atoms with Crippen LogP contribution in [0.3, 0.4) is 0 Å². The van der Waals surface area contributed by atoms with E-state index in [0.717, 1.165) is 11.3 Å². The van der Waals surface area contributed by atoms with Gasteiger partial charge in [-0.1, -0.05) is 79.0 Å². The maximum Gasteiger partial charge on any atom is 0.150 e. The Kier molecular flexibility index (Phi) is 6.64. The number of carboxylic acid groups (broad SMARTS) is 1. The molecule has 0 aliphatic rings. The summed E-state index contributed by atoms with van der Waals surface area (Å²) in [5, 5.41) is 15.1. The lowest BCUT2D eigenvalue weighted by Gasteiger charge is -2.14. The third kappa shape index (κ3) is 4.84. The molecule has 0 fully saturated rings. The molecule has 0 radical (unpaired) electrons. The second-order valence-corrected chi connectivity index (χ2v) is 6.79. The molecule has 1 aromatic heterocycles. The highest BCUT2D eigenvalue weighted by Crippen LogP contribution is 2.36. The van der Waals surface area contributed by atoms with E-state index >= 15 is 0 Å². The van der Waals surface area contributed by atoms with Crippen molar-refractivity contribution in [3.8, 4) is 0 Å². The molecule has 0 saturated heterocycles. The van der Waals surface area contributed by atoms with Crippen molar-refractivity contribution in [3.05, 3.63) is 56.8 Å². The van der Waals surface area contributed by atoms with Crippen molar-refractivity contribution >= 4 is 52.2 Å². The number of benzene rings is 1. The number of halogens is 3. The number of hydrogen-bond acceptors (Lipinski definition) is 5. The monoisotopic (exact) mass is 398 g/mol. The van der Waals surface area contributed by atoms with Gasteiger partial charge in [-0.25, -0.2) is 4.98 Å². The van der Waals surface area contributed by atoms with E-state index < -0.39 is 11.7 Å². The zero-order valence-electron chi connectivity index (χ0n) is 13.5. The quantitative estimate of drug-likeness (QED) is 0.447. The normalized spacial score (nSPS) is 11.7. The number of hydrogen-bond donors (Lipinski definition) is 1.